The van der Waals surface area contributed by atoms with E-state index in [2.05, 4.69) is 24.3 Å². The van der Waals surface area contributed by atoms with Crippen LogP contribution in [0.2, 0.25) is 0 Å². The van der Waals surface area contributed by atoms with Gasteiger partial charge in [-0.05, 0) is 48.5 Å². The van der Waals surface area contributed by atoms with E-state index in [9.17, 15) is 0 Å². The van der Waals surface area contributed by atoms with E-state index in [1.54, 1.807) is 14.2 Å². The van der Waals surface area contributed by atoms with E-state index in [0.29, 0.717) is 13.1 Å². The third kappa shape index (κ3) is 3.59. The minimum absolute atomic E-state index is 0.171. The van der Waals surface area contributed by atoms with Crippen LogP contribution >= 0.6 is 0 Å². The number of ether oxygens (including phenoxy) is 2. The Balaban J connectivity index is 2.28. The molecule has 0 aromatic heterocycles. The maximum absolute atomic E-state index is 6.03. The van der Waals surface area contributed by atoms with Crippen molar-refractivity contribution >= 4 is 0 Å². The highest BCUT2D eigenvalue weighted by atomic mass is 16.5. The molecule has 0 aliphatic heterocycles. The minimum Gasteiger partial charge on any atom is -0.497 e. The Morgan fingerprint density at radius 2 is 1.00 bits per heavy atom. The standard InChI is InChI=1S/C18H24N2O2/c1-21-15-7-3-13(4-8-15)17(11-19)18(12-20)14-5-9-16(22-2)10-6-14/h3-10,17-18H,11-12,19-20H2,1-2H3. The molecular weight excluding hydrogens is 276 g/mol. The maximum atomic E-state index is 6.03. The fourth-order valence-electron chi connectivity index (χ4n) is 2.77. The SMILES string of the molecule is COc1ccc(C(CN)C(CN)c2ccc(OC)cc2)cc1. The molecule has 0 saturated heterocycles. The minimum atomic E-state index is 0.171. The van der Waals surface area contributed by atoms with Gasteiger partial charge in [0.15, 0.2) is 0 Å². The summed E-state index contributed by atoms with van der Waals surface area (Å²) in [5.41, 5.74) is 14.4. The Kier molecular flexibility index (Phi) is 5.81. The topological polar surface area (TPSA) is 70.5 Å². The number of hydrogen-bond acceptors (Lipinski definition) is 4. The average Bonchev–Trinajstić information content (AvgIpc) is 2.60. The highest BCUT2D eigenvalue weighted by Crippen LogP contribution is 2.33. The van der Waals surface area contributed by atoms with Crippen molar-refractivity contribution < 1.29 is 9.47 Å². The molecule has 0 amide bonds. The van der Waals surface area contributed by atoms with Gasteiger partial charge in [-0.25, -0.2) is 0 Å². The van der Waals surface area contributed by atoms with Crippen molar-refractivity contribution in [1.29, 1.82) is 0 Å². The lowest BCUT2D eigenvalue weighted by Crippen LogP contribution is -2.26. The summed E-state index contributed by atoms with van der Waals surface area (Å²) < 4.78 is 10.4. The molecule has 0 saturated carbocycles. The lowest BCUT2D eigenvalue weighted by atomic mass is 9.81. The van der Waals surface area contributed by atoms with Crippen molar-refractivity contribution in [2.45, 2.75) is 11.8 Å². The molecule has 0 bridgehead atoms. The lowest BCUT2D eigenvalue weighted by molar-refractivity contribution is 0.413. The van der Waals surface area contributed by atoms with Crippen LogP contribution in [0.4, 0.5) is 0 Å². The summed E-state index contributed by atoms with van der Waals surface area (Å²) in [6, 6.07) is 16.1. The first-order chi connectivity index (χ1) is 10.7. The smallest absolute Gasteiger partial charge is 0.118 e. The molecule has 4 N–H and O–H groups in total. The molecule has 22 heavy (non-hydrogen) atoms. The van der Waals surface area contributed by atoms with Gasteiger partial charge in [0, 0.05) is 11.8 Å². The zero-order valence-corrected chi connectivity index (χ0v) is 13.2. The highest BCUT2D eigenvalue weighted by Gasteiger charge is 2.22. The van der Waals surface area contributed by atoms with Gasteiger partial charge in [-0.1, -0.05) is 24.3 Å². The molecular formula is C18H24N2O2. The van der Waals surface area contributed by atoms with Crippen molar-refractivity contribution in [3.63, 3.8) is 0 Å². The van der Waals surface area contributed by atoms with E-state index in [1.165, 1.54) is 11.1 Å². The third-order valence-corrected chi connectivity index (χ3v) is 4.08. The summed E-state index contributed by atoms with van der Waals surface area (Å²) >= 11 is 0. The molecule has 2 atom stereocenters. The first-order valence-corrected chi connectivity index (χ1v) is 7.41. The average molecular weight is 300 g/mol. The quantitative estimate of drug-likeness (QED) is 0.824. The highest BCUT2D eigenvalue weighted by molar-refractivity contribution is 5.35. The monoisotopic (exact) mass is 300 g/mol. The Labute approximate surface area is 132 Å². The van der Waals surface area contributed by atoms with Crippen LogP contribution in [0, 0.1) is 0 Å². The second kappa shape index (κ2) is 7.82. The van der Waals surface area contributed by atoms with E-state index in [1.807, 2.05) is 24.3 Å². The Hall–Kier alpha value is -2.04. The molecule has 4 nitrogen and oxygen atoms in total. The van der Waals surface area contributed by atoms with E-state index < -0.39 is 0 Å². The number of rotatable bonds is 7. The largest absolute Gasteiger partial charge is 0.497 e. The number of methoxy groups -OCH3 is 2. The summed E-state index contributed by atoms with van der Waals surface area (Å²) in [5, 5.41) is 0. The molecule has 0 fully saturated rings. The number of benzene rings is 2. The fourth-order valence-corrected chi connectivity index (χ4v) is 2.77. The molecule has 0 aliphatic rings. The van der Waals surface area contributed by atoms with Gasteiger partial charge in [0.2, 0.25) is 0 Å². The van der Waals surface area contributed by atoms with Crippen LogP contribution in [0.15, 0.2) is 48.5 Å². The molecule has 118 valence electrons. The van der Waals surface area contributed by atoms with Crippen LogP contribution in [-0.2, 0) is 0 Å². The van der Waals surface area contributed by atoms with Gasteiger partial charge in [-0.2, -0.15) is 0 Å². The van der Waals surface area contributed by atoms with E-state index >= 15 is 0 Å². The second-order valence-corrected chi connectivity index (χ2v) is 5.23. The summed E-state index contributed by atoms with van der Waals surface area (Å²) in [6.45, 7) is 1.08. The van der Waals surface area contributed by atoms with E-state index in [-0.39, 0.29) is 11.8 Å². The predicted molar refractivity (Wildman–Crippen MR) is 89.6 cm³/mol. The van der Waals surface area contributed by atoms with Gasteiger partial charge in [0.25, 0.3) is 0 Å². The lowest BCUT2D eigenvalue weighted by Gasteiger charge is -2.26. The first kappa shape index (κ1) is 16.3. The van der Waals surface area contributed by atoms with Gasteiger partial charge < -0.3 is 20.9 Å². The summed E-state index contributed by atoms with van der Waals surface area (Å²) in [6.07, 6.45) is 0. The van der Waals surface area contributed by atoms with Crippen LogP contribution < -0.4 is 20.9 Å². The second-order valence-electron chi connectivity index (χ2n) is 5.23. The number of nitrogens with two attached hydrogens (primary N) is 2. The van der Waals surface area contributed by atoms with Crippen molar-refractivity contribution in [2.75, 3.05) is 27.3 Å². The zero-order valence-electron chi connectivity index (χ0n) is 13.2. The Morgan fingerprint density at radius 3 is 1.23 bits per heavy atom. The van der Waals surface area contributed by atoms with Crippen LogP contribution in [0.1, 0.15) is 23.0 Å². The van der Waals surface area contributed by atoms with Crippen LogP contribution in [0.5, 0.6) is 11.5 Å². The van der Waals surface area contributed by atoms with Crippen LogP contribution in [-0.4, -0.2) is 27.3 Å². The van der Waals surface area contributed by atoms with Gasteiger partial charge in [0.1, 0.15) is 11.5 Å². The maximum Gasteiger partial charge on any atom is 0.118 e. The molecule has 0 radical (unpaired) electrons. The molecule has 4 heteroatoms. The fraction of sp³-hybridized carbons (Fsp3) is 0.333. The van der Waals surface area contributed by atoms with Crippen LogP contribution in [0.25, 0.3) is 0 Å². The Morgan fingerprint density at radius 1 is 0.682 bits per heavy atom. The van der Waals surface area contributed by atoms with Crippen molar-refractivity contribution in [3.05, 3.63) is 59.7 Å². The summed E-state index contributed by atoms with van der Waals surface area (Å²) in [7, 11) is 3.32. The van der Waals surface area contributed by atoms with Gasteiger partial charge in [0.05, 0.1) is 14.2 Å². The molecule has 0 aliphatic carbocycles. The van der Waals surface area contributed by atoms with Gasteiger partial charge in [-0.15, -0.1) is 0 Å². The normalized spacial score (nSPS) is 13.5. The Bertz CT molecular complexity index is 513. The van der Waals surface area contributed by atoms with Crippen molar-refractivity contribution in [2.24, 2.45) is 11.5 Å². The van der Waals surface area contributed by atoms with Gasteiger partial charge >= 0.3 is 0 Å². The third-order valence-electron chi connectivity index (χ3n) is 4.08. The van der Waals surface area contributed by atoms with Crippen molar-refractivity contribution in [1.82, 2.24) is 0 Å². The van der Waals surface area contributed by atoms with E-state index in [4.69, 9.17) is 20.9 Å². The van der Waals surface area contributed by atoms with Crippen LogP contribution in [0.3, 0.4) is 0 Å². The number of hydrogen-bond donors (Lipinski definition) is 2. The predicted octanol–water partition coefficient (Wildman–Crippen LogP) is 2.49. The molecule has 2 unspecified atom stereocenters. The molecule has 2 aromatic carbocycles. The molecule has 2 aromatic rings. The molecule has 0 heterocycles. The summed E-state index contributed by atoms with van der Waals surface area (Å²) in [4.78, 5) is 0. The van der Waals surface area contributed by atoms with E-state index in [0.717, 1.165) is 11.5 Å². The molecule has 2 rings (SSSR count). The molecule has 0 spiro atoms. The zero-order chi connectivity index (χ0) is 15.9. The van der Waals surface area contributed by atoms with Gasteiger partial charge in [-0.3, -0.25) is 0 Å². The first-order valence-electron chi connectivity index (χ1n) is 7.41. The van der Waals surface area contributed by atoms with Crippen molar-refractivity contribution in [3.8, 4) is 11.5 Å². The summed E-state index contributed by atoms with van der Waals surface area (Å²) in [5.74, 6) is 2.02.